The minimum atomic E-state index is 0.530. The Labute approximate surface area is 56.2 Å². The van der Waals surface area contributed by atoms with Crippen LogP contribution in [-0.4, -0.2) is 19.5 Å². The second-order valence-corrected chi connectivity index (χ2v) is 2.41. The van der Waals surface area contributed by atoms with E-state index >= 15 is 0 Å². The van der Waals surface area contributed by atoms with Gasteiger partial charge in [0.15, 0.2) is 0 Å². The van der Waals surface area contributed by atoms with Crippen LogP contribution in [0.5, 0.6) is 0 Å². The fourth-order valence-corrected chi connectivity index (χ4v) is 0.192. The molecule has 1 heterocycles. The highest BCUT2D eigenvalue weighted by molar-refractivity contribution is 5.49. The van der Waals surface area contributed by atoms with Crippen LogP contribution in [0.1, 0.15) is 20.3 Å². The number of hydrogen-bond donors (Lipinski definition) is 0. The monoisotopic (exact) mass is 130 g/mol. The summed E-state index contributed by atoms with van der Waals surface area (Å²) in [5, 5.41) is 0. The molecule has 0 saturated carbocycles. The maximum atomic E-state index is 9.62. The Morgan fingerprint density at radius 3 is 2.00 bits per heavy atom. The average molecular weight is 130 g/mol. The minimum Gasteiger partial charge on any atom is -0.377 e. The Hall–Kier alpha value is -0.370. The van der Waals surface area contributed by atoms with Crippen molar-refractivity contribution in [1.82, 2.24) is 0 Å². The first-order valence-electron chi connectivity index (χ1n) is 3.28. The number of ether oxygens (including phenoxy) is 1. The molecular weight excluding hydrogens is 116 g/mol. The molecule has 2 heteroatoms. The average Bonchev–Trinajstić information content (AvgIpc) is 2.45. The van der Waals surface area contributed by atoms with Gasteiger partial charge in [0.1, 0.15) is 6.29 Å². The molecule has 2 nitrogen and oxygen atoms in total. The number of carbonyl (C=O) groups excluding carboxylic acids is 1. The molecule has 0 spiro atoms. The van der Waals surface area contributed by atoms with Crippen LogP contribution in [0.15, 0.2) is 0 Å². The standard InChI is InChI=1S/C5H10O.C2H4O/c1-5(2)3-4-6;1-2-3-1/h4-5H,3H2,1-2H3;1-2H2. The summed E-state index contributed by atoms with van der Waals surface area (Å²) in [6.07, 6.45) is 1.64. The number of rotatable bonds is 2. The van der Waals surface area contributed by atoms with Gasteiger partial charge in [0.05, 0.1) is 13.2 Å². The molecule has 54 valence electrons. The van der Waals surface area contributed by atoms with E-state index in [1.165, 1.54) is 0 Å². The van der Waals surface area contributed by atoms with Crippen molar-refractivity contribution in [2.45, 2.75) is 20.3 Å². The van der Waals surface area contributed by atoms with E-state index in [0.29, 0.717) is 12.3 Å². The third kappa shape index (κ3) is 18.4. The van der Waals surface area contributed by atoms with Gasteiger partial charge in [-0.1, -0.05) is 13.8 Å². The molecule has 0 aromatic heterocycles. The van der Waals surface area contributed by atoms with Crippen LogP contribution in [0.3, 0.4) is 0 Å². The third-order valence-corrected chi connectivity index (χ3v) is 0.772. The number of hydrogen-bond acceptors (Lipinski definition) is 2. The molecule has 0 amide bonds. The maximum Gasteiger partial charge on any atom is 0.120 e. The zero-order valence-electron chi connectivity index (χ0n) is 6.09. The largest absolute Gasteiger partial charge is 0.377 e. The Kier molecular flexibility index (Phi) is 5.52. The van der Waals surface area contributed by atoms with Crippen LogP contribution in [-0.2, 0) is 9.53 Å². The first kappa shape index (κ1) is 8.63. The highest BCUT2D eigenvalue weighted by Crippen LogP contribution is 1.92. The molecule has 0 bridgehead atoms. The van der Waals surface area contributed by atoms with E-state index in [4.69, 9.17) is 0 Å². The molecular formula is C7H14O2. The summed E-state index contributed by atoms with van der Waals surface area (Å²) in [5.74, 6) is 0.530. The summed E-state index contributed by atoms with van der Waals surface area (Å²) >= 11 is 0. The lowest BCUT2D eigenvalue weighted by molar-refractivity contribution is -0.108. The van der Waals surface area contributed by atoms with Gasteiger partial charge in [0, 0.05) is 6.42 Å². The summed E-state index contributed by atoms with van der Waals surface area (Å²) in [6.45, 7) is 6.04. The van der Waals surface area contributed by atoms with Crippen LogP contribution < -0.4 is 0 Å². The summed E-state index contributed by atoms with van der Waals surface area (Å²) < 4.78 is 4.50. The van der Waals surface area contributed by atoms with Crippen molar-refractivity contribution in [3.05, 3.63) is 0 Å². The normalized spacial score (nSPS) is 14.1. The highest BCUT2D eigenvalue weighted by Gasteiger charge is 1.94. The van der Waals surface area contributed by atoms with Crippen LogP contribution in [0, 0.1) is 5.92 Å². The van der Waals surface area contributed by atoms with Gasteiger partial charge in [-0.25, -0.2) is 0 Å². The zero-order chi connectivity index (χ0) is 7.11. The lowest BCUT2D eigenvalue weighted by Gasteiger charge is -1.89. The Morgan fingerprint density at radius 1 is 1.56 bits per heavy atom. The summed E-state index contributed by atoms with van der Waals surface area (Å²) in [4.78, 5) is 9.62. The van der Waals surface area contributed by atoms with Gasteiger partial charge in [0.25, 0.3) is 0 Å². The first-order chi connectivity index (χ1) is 4.27. The molecule has 0 atom stereocenters. The van der Waals surface area contributed by atoms with Crippen molar-refractivity contribution in [1.29, 1.82) is 0 Å². The molecule has 0 N–H and O–H groups in total. The fourth-order valence-electron chi connectivity index (χ4n) is 0.192. The topological polar surface area (TPSA) is 29.6 Å². The van der Waals surface area contributed by atoms with Crippen LogP contribution in [0.2, 0.25) is 0 Å². The molecule has 0 aromatic carbocycles. The van der Waals surface area contributed by atoms with Crippen molar-refractivity contribution in [3.63, 3.8) is 0 Å². The predicted molar refractivity (Wildman–Crippen MR) is 36.3 cm³/mol. The second kappa shape index (κ2) is 5.76. The van der Waals surface area contributed by atoms with E-state index in [1.807, 2.05) is 13.8 Å². The smallest absolute Gasteiger partial charge is 0.120 e. The van der Waals surface area contributed by atoms with Gasteiger partial charge in [-0.2, -0.15) is 0 Å². The summed E-state index contributed by atoms with van der Waals surface area (Å²) in [6, 6.07) is 0. The van der Waals surface area contributed by atoms with Gasteiger partial charge in [-0.15, -0.1) is 0 Å². The maximum absolute atomic E-state index is 9.62. The van der Waals surface area contributed by atoms with Gasteiger partial charge in [0.2, 0.25) is 0 Å². The predicted octanol–water partition coefficient (Wildman–Crippen LogP) is 1.25. The Bertz CT molecular complexity index is 64.6. The number of epoxide rings is 1. The Morgan fingerprint density at radius 2 is 2.00 bits per heavy atom. The van der Waals surface area contributed by atoms with Crippen molar-refractivity contribution in [3.8, 4) is 0 Å². The second-order valence-electron chi connectivity index (χ2n) is 2.41. The molecule has 9 heavy (non-hydrogen) atoms. The van der Waals surface area contributed by atoms with Gasteiger partial charge in [-0.05, 0) is 5.92 Å². The molecule has 1 aliphatic heterocycles. The quantitative estimate of drug-likeness (QED) is 0.416. The van der Waals surface area contributed by atoms with E-state index < -0.39 is 0 Å². The van der Waals surface area contributed by atoms with E-state index in [2.05, 4.69) is 4.74 Å². The lowest BCUT2D eigenvalue weighted by Crippen LogP contribution is -1.84. The Balaban J connectivity index is 0.000000173. The highest BCUT2D eigenvalue weighted by atomic mass is 16.6. The molecule has 0 radical (unpaired) electrons. The summed E-state index contributed by atoms with van der Waals surface area (Å²) in [5.41, 5.74) is 0. The molecule has 1 rings (SSSR count). The molecule has 1 fully saturated rings. The molecule has 1 saturated heterocycles. The van der Waals surface area contributed by atoms with Crippen molar-refractivity contribution < 1.29 is 9.53 Å². The zero-order valence-corrected chi connectivity index (χ0v) is 6.09. The van der Waals surface area contributed by atoms with Crippen molar-refractivity contribution in [2.75, 3.05) is 13.2 Å². The van der Waals surface area contributed by atoms with Gasteiger partial charge >= 0.3 is 0 Å². The number of aldehydes is 1. The molecule has 0 unspecified atom stereocenters. The third-order valence-electron chi connectivity index (χ3n) is 0.772. The van der Waals surface area contributed by atoms with Crippen LogP contribution >= 0.6 is 0 Å². The van der Waals surface area contributed by atoms with Crippen LogP contribution in [0.25, 0.3) is 0 Å². The minimum absolute atomic E-state index is 0.530. The molecule has 0 aromatic rings. The SMILES string of the molecule is C1CO1.CC(C)CC=O. The summed E-state index contributed by atoms with van der Waals surface area (Å²) in [7, 11) is 0. The fraction of sp³-hybridized carbons (Fsp3) is 0.857. The molecule has 0 aliphatic carbocycles. The van der Waals surface area contributed by atoms with E-state index in [-0.39, 0.29) is 0 Å². The van der Waals surface area contributed by atoms with Gasteiger partial charge < -0.3 is 9.53 Å². The van der Waals surface area contributed by atoms with Crippen molar-refractivity contribution >= 4 is 6.29 Å². The van der Waals surface area contributed by atoms with E-state index in [1.54, 1.807) is 0 Å². The van der Waals surface area contributed by atoms with E-state index in [9.17, 15) is 4.79 Å². The lowest BCUT2D eigenvalue weighted by atomic mass is 10.2. The first-order valence-corrected chi connectivity index (χ1v) is 3.28. The van der Waals surface area contributed by atoms with Gasteiger partial charge in [-0.3, -0.25) is 0 Å². The number of carbonyl (C=O) groups is 1. The molecule has 1 aliphatic rings. The van der Waals surface area contributed by atoms with Crippen LogP contribution in [0.4, 0.5) is 0 Å². The van der Waals surface area contributed by atoms with Crippen molar-refractivity contribution in [2.24, 2.45) is 5.92 Å². The van der Waals surface area contributed by atoms with E-state index in [0.717, 1.165) is 19.5 Å².